The van der Waals surface area contributed by atoms with Crippen LogP contribution in [0.1, 0.15) is 87.0 Å². The van der Waals surface area contributed by atoms with Crippen molar-refractivity contribution in [1.29, 1.82) is 0 Å². The molecule has 0 bridgehead atoms. The van der Waals surface area contributed by atoms with Crippen LogP contribution in [0, 0.1) is 5.82 Å². The zero-order valence-electron chi connectivity index (χ0n) is 29.6. The molecule has 51 heavy (non-hydrogen) atoms. The molecule has 1 amide bonds. The highest BCUT2D eigenvalue weighted by molar-refractivity contribution is 5.97. The van der Waals surface area contributed by atoms with E-state index in [1.165, 1.54) is 48.4 Å². The van der Waals surface area contributed by atoms with Gasteiger partial charge < -0.3 is 24.2 Å². The van der Waals surface area contributed by atoms with Crippen LogP contribution in [0.4, 0.5) is 19.0 Å². The van der Waals surface area contributed by atoms with E-state index in [9.17, 15) is 18.0 Å². The van der Waals surface area contributed by atoms with E-state index in [1.54, 1.807) is 13.8 Å². The van der Waals surface area contributed by atoms with E-state index >= 15 is 0 Å². The smallest absolute Gasteiger partial charge is 0.282 e. The maximum Gasteiger partial charge on any atom is 0.282 e. The number of anilines is 1. The van der Waals surface area contributed by atoms with E-state index in [0.29, 0.717) is 18.9 Å². The summed E-state index contributed by atoms with van der Waals surface area (Å²) in [5.74, 6) is -2.59. The number of carbonyl (C=O) groups is 1. The lowest BCUT2D eigenvalue weighted by atomic mass is 9.85. The number of pyridine rings is 1. The third-order valence-corrected chi connectivity index (χ3v) is 10.7. The molecule has 0 N–H and O–H groups in total. The van der Waals surface area contributed by atoms with Crippen molar-refractivity contribution in [2.45, 2.75) is 95.9 Å². The number of hydrogen-bond donors (Lipinski definition) is 0. The van der Waals surface area contributed by atoms with E-state index in [2.05, 4.69) is 31.9 Å². The lowest BCUT2D eigenvalue weighted by Gasteiger charge is -2.44. The Hall–Kier alpha value is -4.04. The Balaban J connectivity index is 1.01. The minimum absolute atomic E-state index is 0.0110. The molecule has 1 atom stereocenters. The topological polar surface area (TPSA) is 100 Å². The molecule has 4 aliphatic rings. The molecule has 274 valence electrons. The van der Waals surface area contributed by atoms with Gasteiger partial charge in [0.2, 0.25) is 0 Å². The molecule has 7 rings (SSSR count). The van der Waals surface area contributed by atoms with Gasteiger partial charge in [0, 0.05) is 81.6 Å². The SMILES string of the molecule is CC1c2c(OC3CCN(c4ncnnc4Oc4ccc(F)cc4C(=O)N(C(C)C)C4CC(F)(F)C4)CC3)ccnc2CCN1CCCN1CCC1. The van der Waals surface area contributed by atoms with Crippen LogP contribution in [0.2, 0.25) is 0 Å². The van der Waals surface area contributed by atoms with E-state index in [4.69, 9.17) is 14.5 Å². The van der Waals surface area contributed by atoms with Crippen molar-refractivity contribution in [3.63, 3.8) is 0 Å². The number of amides is 1. The van der Waals surface area contributed by atoms with Gasteiger partial charge in [-0.15, -0.1) is 10.2 Å². The Morgan fingerprint density at radius 1 is 1.04 bits per heavy atom. The fourth-order valence-corrected chi connectivity index (χ4v) is 7.84. The third-order valence-electron chi connectivity index (χ3n) is 10.7. The van der Waals surface area contributed by atoms with E-state index in [1.807, 2.05) is 17.2 Å². The Labute approximate surface area is 297 Å². The van der Waals surface area contributed by atoms with Crippen molar-refractivity contribution in [1.82, 2.24) is 34.9 Å². The van der Waals surface area contributed by atoms with Gasteiger partial charge in [-0.1, -0.05) is 0 Å². The highest BCUT2D eigenvalue weighted by Gasteiger charge is 2.50. The molecule has 14 heteroatoms. The summed E-state index contributed by atoms with van der Waals surface area (Å²) in [5, 5.41) is 8.10. The Bertz CT molecular complexity index is 1690. The van der Waals surface area contributed by atoms with Crippen LogP contribution in [-0.2, 0) is 6.42 Å². The predicted octanol–water partition coefficient (Wildman–Crippen LogP) is 5.91. The van der Waals surface area contributed by atoms with Crippen LogP contribution in [-0.4, -0.2) is 111 Å². The number of halogens is 3. The average molecular weight is 709 g/mol. The predicted molar refractivity (Wildman–Crippen MR) is 185 cm³/mol. The first-order chi connectivity index (χ1) is 24.6. The molecule has 2 saturated heterocycles. The van der Waals surface area contributed by atoms with Crippen LogP contribution in [0.3, 0.4) is 0 Å². The van der Waals surface area contributed by atoms with Crippen LogP contribution in [0.5, 0.6) is 17.4 Å². The third kappa shape index (κ3) is 7.76. The molecule has 11 nitrogen and oxygen atoms in total. The highest BCUT2D eigenvalue weighted by atomic mass is 19.3. The summed E-state index contributed by atoms with van der Waals surface area (Å²) >= 11 is 0. The van der Waals surface area contributed by atoms with Gasteiger partial charge in [-0.05, 0) is 84.1 Å². The summed E-state index contributed by atoms with van der Waals surface area (Å²) in [5.41, 5.74) is 2.23. The largest absolute Gasteiger partial charge is 0.490 e. The number of rotatable bonds is 12. The Morgan fingerprint density at radius 3 is 2.53 bits per heavy atom. The fraction of sp³-hybridized carbons (Fsp3) is 0.595. The first kappa shape index (κ1) is 35.4. The van der Waals surface area contributed by atoms with Crippen LogP contribution >= 0.6 is 0 Å². The number of ether oxygens (including phenoxy) is 2. The molecule has 0 radical (unpaired) electrons. The van der Waals surface area contributed by atoms with Gasteiger partial charge >= 0.3 is 0 Å². The number of nitrogens with zero attached hydrogens (tertiary/aromatic N) is 8. The van der Waals surface area contributed by atoms with Gasteiger partial charge in [0.1, 0.15) is 29.7 Å². The average Bonchev–Trinajstić information content (AvgIpc) is 3.07. The van der Waals surface area contributed by atoms with E-state index in [-0.39, 0.29) is 35.4 Å². The first-order valence-electron chi connectivity index (χ1n) is 18.3. The number of benzene rings is 1. The number of hydrogen-bond acceptors (Lipinski definition) is 10. The van der Waals surface area contributed by atoms with Crippen molar-refractivity contribution < 1.29 is 27.4 Å². The van der Waals surface area contributed by atoms with Crippen molar-refractivity contribution in [3.05, 3.63) is 59.4 Å². The lowest BCUT2D eigenvalue weighted by molar-refractivity contribution is -0.120. The van der Waals surface area contributed by atoms with Gasteiger partial charge in [0.25, 0.3) is 17.7 Å². The van der Waals surface area contributed by atoms with Crippen molar-refractivity contribution in [2.75, 3.05) is 50.7 Å². The van der Waals surface area contributed by atoms with Crippen molar-refractivity contribution >= 4 is 11.7 Å². The molecule has 3 aliphatic heterocycles. The van der Waals surface area contributed by atoms with Crippen LogP contribution < -0.4 is 14.4 Å². The molecule has 1 unspecified atom stereocenters. The minimum atomic E-state index is -2.82. The second-order valence-electron chi connectivity index (χ2n) is 14.5. The Morgan fingerprint density at radius 2 is 1.82 bits per heavy atom. The number of alkyl halides is 2. The normalized spacial score (nSPS) is 21.2. The summed E-state index contributed by atoms with van der Waals surface area (Å²) in [6.07, 6.45) is 7.15. The molecule has 5 heterocycles. The summed E-state index contributed by atoms with van der Waals surface area (Å²) in [6.45, 7) is 12.6. The van der Waals surface area contributed by atoms with Gasteiger partial charge in [-0.2, -0.15) is 0 Å². The van der Waals surface area contributed by atoms with E-state index < -0.39 is 36.5 Å². The maximum atomic E-state index is 14.5. The van der Waals surface area contributed by atoms with Gasteiger partial charge in [-0.3, -0.25) is 14.7 Å². The molecular formula is C37H47F3N8O3. The standard InChI is InChI=1S/C37H47F3N8O3/c1-24(2)48(27-21-37(39,40)22-27)36(49)29-20-26(38)6-7-31(29)51-35-34(42-23-43-44-35)47-17-9-28(10-18-47)50-32-8-12-41-30-11-19-46(25(3)33(30)32)16-5-15-45-13-4-14-45/h6-8,12,20,23-25,27-28H,4-5,9-11,13-19,21-22H2,1-3H3. The summed E-state index contributed by atoms with van der Waals surface area (Å²) in [6, 6.07) is 4.78. The zero-order valence-corrected chi connectivity index (χ0v) is 29.6. The van der Waals surface area contributed by atoms with E-state index in [0.717, 1.165) is 62.8 Å². The lowest BCUT2D eigenvalue weighted by Crippen LogP contribution is -2.55. The molecule has 3 aromatic rings. The summed E-state index contributed by atoms with van der Waals surface area (Å²) in [7, 11) is 0. The molecule has 1 saturated carbocycles. The molecule has 1 aliphatic carbocycles. The van der Waals surface area contributed by atoms with Crippen LogP contribution in [0.15, 0.2) is 36.8 Å². The van der Waals surface area contributed by atoms with Gasteiger partial charge in [0.05, 0.1) is 11.3 Å². The van der Waals surface area contributed by atoms with Gasteiger partial charge in [-0.25, -0.2) is 18.2 Å². The molecule has 3 fully saturated rings. The number of carbonyl (C=O) groups excluding carboxylic acids is 1. The van der Waals surface area contributed by atoms with Crippen LogP contribution in [0.25, 0.3) is 0 Å². The summed E-state index contributed by atoms with van der Waals surface area (Å²) < 4.78 is 54.9. The van der Waals surface area contributed by atoms with Gasteiger partial charge in [0.15, 0.2) is 5.82 Å². The molecular weight excluding hydrogens is 661 g/mol. The number of fused-ring (bicyclic) bond motifs is 1. The fourth-order valence-electron chi connectivity index (χ4n) is 7.84. The number of piperidine rings is 1. The second-order valence-corrected chi connectivity index (χ2v) is 14.5. The maximum absolute atomic E-state index is 14.5. The molecule has 2 aromatic heterocycles. The number of likely N-dealkylation sites (tertiary alicyclic amines) is 1. The quantitative estimate of drug-likeness (QED) is 0.226. The first-order valence-corrected chi connectivity index (χ1v) is 18.3. The summed E-state index contributed by atoms with van der Waals surface area (Å²) in [4.78, 5) is 31.4. The number of aromatic nitrogens is 4. The Kier molecular flexibility index (Phi) is 10.3. The zero-order chi connectivity index (χ0) is 35.7. The van der Waals surface area contributed by atoms with Crippen molar-refractivity contribution in [3.8, 4) is 17.4 Å². The minimum Gasteiger partial charge on any atom is -0.490 e. The highest BCUT2D eigenvalue weighted by Crippen LogP contribution is 2.43. The van der Waals surface area contributed by atoms with Crippen molar-refractivity contribution in [2.24, 2.45) is 0 Å². The molecule has 0 spiro atoms. The second kappa shape index (κ2) is 14.9. The molecule has 1 aromatic carbocycles. The monoisotopic (exact) mass is 708 g/mol.